The Morgan fingerprint density at radius 1 is 1.16 bits per heavy atom. The van der Waals surface area contributed by atoms with E-state index in [9.17, 15) is 24.8 Å². The average molecular weight is 720 g/mol. The predicted octanol–water partition coefficient (Wildman–Crippen LogP) is 2.47. The maximum atomic E-state index is 13.8. The first-order chi connectivity index (χ1) is 24.5. The number of nitrogens with zero attached hydrogens (tertiary/aromatic N) is 3. The first-order valence-corrected chi connectivity index (χ1v) is 18.3. The smallest absolute Gasteiger partial charge is 0.329 e. The molecule has 14 nitrogen and oxygen atoms in total. The van der Waals surface area contributed by atoms with Crippen molar-refractivity contribution in [2.75, 3.05) is 39.9 Å². The van der Waals surface area contributed by atoms with E-state index in [0.717, 1.165) is 24.1 Å². The number of amides is 1. The number of nitriles is 1. The van der Waals surface area contributed by atoms with Gasteiger partial charge in [-0.25, -0.2) is 4.79 Å². The topological polar surface area (TPSA) is 172 Å². The molecule has 3 saturated heterocycles. The molecule has 7 aliphatic rings. The zero-order valence-corrected chi connectivity index (χ0v) is 29.9. The van der Waals surface area contributed by atoms with Gasteiger partial charge in [0.05, 0.1) is 36.6 Å². The van der Waals surface area contributed by atoms with Crippen LogP contribution < -0.4 is 29.6 Å². The van der Waals surface area contributed by atoms with E-state index in [4.69, 9.17) is 23.7 Å². The third kappa shape index (κ3) is 5.13. The second kappa shape index (κ2) is 12.8. The molecular formula is C36H41N5O9S. The highest BCUT2D eigenvalue weighted by molar-refractivity contribution is 7.99. The number of phenols is 1. The average Bonchev–Trinajstić information content (AvgIpc) is 3.81. The van der Waals surface area contributed by atoms with E-state index in [1.54, 1.807) is 0 Å². The second-order valence-corrected chi connectivity index (χ2v) is 15.3. The molecule has 0 radical (unpaired) electrons. The Morgan fingerprint density at radius 2 is 1.94 bits per heavy atom. The summed E-state index contributed by atoms with van der Waals surface area (Å²) in [6, 6.07) is 0.593. The lowest BCUT2D eigenvalue weighted by atomic mass is 9.71. The number of phenolic OH excluding ortho intramolecular Hbond substituents is 1. The number of methoxy groups -OCH3 is 1. The minimum atomic E-state index is -0.968. The molecule has 0 spiro atoms. The number of rotatable bonds is 4. The summed E-state index contributed by atoms with van der Waals surface area (Å²) in [5, 5.41) is 28.5. The zero-order chi connectivity index (χ0) is 35.9. The lowest BCUT2D eigenvalue weighted by Gasteiger charge is -2.61. The van der Waals surface area contributed by atoms with Gasteiger partial charge in [0.25, 0.3) is 0 Å². The van der Waals surface area contributed by atoms with E-state index < -0.39 is 53.4 Å². The number of carbonyl (C=O) groups excluding carboxylic acids is 3. The lowest BCUT2D eigenvalue weighted by molar-refractivity contribution is -0.152. The lowest BCUT2D eigenvalue weighted by Crippen LogP contribution is -2.69. The van der Waals surface area contributed by atoms with Crippen molar-refractivity contribution >= 4 is 29.6 Å². The van der Waals surface area contributed by atoms with E-state index in [0.29, 0.717) is 58.1 Å². The van der Waals surface area contributed by atoms with Crippen LogP contribution in [0.1, 0.15) is 70.5 Å². The Hall–Kier alpha value is -4.23. The number of ether oxygens (including phenoxy) is 5. The summed E-state index contributed by atoms with van der Waals surface area (Å²) in [5.74, 6) is 0.394. The molecule has 4 bridgehead atoms. The van der Waals surface area contributed by atoms with Crippen LogP contribution in [0.2, 0.25) is 0 Å². The summed E-state index contributed by atoms with van der Waals surface area (Å²) < 4.78 is 29.9. The van der Waals surface area contributed by atoms with Gasteiger partial charge in [-0.15, -0.1) is 11.8 Å². The molecule has 15 heteroatoms. The van der Waals surface area contributed by atoms with Gasteiger partial charge in [0.2, 0.25) is 12.7 Å². The molecule has 3 N–H and O–H groups in total. The summed E-state index contributed by atoms with van der Waals surface area (Å²) in [6.45, 7) is 5.54. The molecule has 2 aromatic rings. The molecule has 1 unspecified atom stereocenters. The summed E-state index contributed by atoms with van der Waals surface area (Å²) in [6.07, 6.45) is 2.03. The fraction of sp³-hybridized carbons (Fsp3) is 0.556. The number of nitrogens with one attached hydrogen (secondary N) is 2. The number of piperazine rings is 1. The SMILES string of the molecule is COc1c(C)cc2c(c1O)[C@@H]1[C@@H]3[C@@H]4SCC(NC(=O)[C@@H]5CCCN5)C(=O)OC[C@H](c5c6c(c(C)c(OC(C)=O)c54)OCO6)N3[C@@H](C#N)[C@@H](C2)N1C. The summed E-state index contributed by atoms with van der Waals surface area (Å²) >= 11 is 1.42. The molecule has 1 amide bonds. The third-order valence-electron chi connectivity index (χ3n) is 11.4. The molecule has 51 heavy (non-hydrogen) atoms. The van der Waals surface area contributed by atoms with Gasteiger partial charge in [0, 0.05) is 47.0 Å². The second-order valence-electron chi connectivity index (χ2n) is 14.1. The Morgan fingerprint density at radius 3 is 2.65 bits per heavy atom. The van der Waals surface area contributed by atoms with Gasteiger partial charge < -0.3 is 39.4 Å². The number of fused-ring (bicyclic) bond motifs is 10. The molecule has 9 rings (SSSR count). The van der Waals surface area contributed by atoms with Crippen molar-refractivity contribution in [3.63, 3.8) is 0 Å². The Labute approximate surface area is 299 Å². The van der Waals surface area contributed by atoms with Crippen molar-refractivity contribution in [3.8, 4) is 34.8 Å². The number of esters is 2. The fourth-order valence-corrected chi connectivity index (χ4v) is 10.8. The van der Waals surface area contributed by atoms with Gasteiger partial charge in [-0.3, -0.25) is 19.4 Å². The molecule has 2 aromatic carbocycles. The third-order valence-corrected chi connectivity index (χ3v) is 12.8. The largest absolute Gasteiger partial charge is 0.504 e. The molecule has 7 heterocycles. The van der Waals surface area contributed by atoms with Crippen molar-refractivity contribution in [3.05, 3.63) is 39.4 Å². The molecule has 3 fully saturated rings. The van der Waals surface area contributed by atoms with E-state index in [1.807, 2.05) is 27.0 Å². The van der Waals surface area contributed by atoms with Gasteiger partial charge in [0.1, 0.15) is 24.4 Å². The van der Waals surface area contributed by atoms with Crippen molar-refractivity contribution < 1.29 is 43.2 Å². The predicted molar refractivity (Wildman–Crippen MR) is 183 cm³/mol. The van der Waals surface area contributed by atoms with Crippen molar-refractivity contribution in [1.29, 1.82) is 5.26 Å². The molecular weight excluding hydrogens is 678 g/mol. The van der Waals surface area contributed by atoms with E-state index in [-0.39, 0.29) is 36.9 Å². The maximum absolute atomic E-state index is 13.8. The maximum Gasteiger partial charge on any atom is 0.329 e. The number of benzene rings is 2. The van der Waals surface area contributed by atoms with Gasteiger partial charge in [0.15, 0.2) is 23.0 Å². The standard InChI is InChI=1S/C36H41N5O9S/c1-15-9-18-10-21-22(11-37)41-23-12-47-36(45)20(39-35(44)19-7-6-8-38-19)13-51-34(28(41)27(40(21)4)24(18)29(43)30(15)46-5)26-25(23)33-32(48-14-49-33)16(2)31(26)50-17(3)42/h9,19-23,27-28,34,38,43H,6-8,10,12-14H2,1-5H3,(H,39,44)/t19-,20?,21+,22-,23+,27+,28+,34+/m0/s1. The highest BCUT2D eigenvalue weighted by atomic mass is 32.2. The zero-order valence-electron chi connectivity index (χ0n) is 29.1. The molecule has 7 aliphatic heterocycles. The van der Waals surface area contributed by atoms with Crippen molar-refractivity contribution in [2.24, 2.45) is 0 Å². The van der Waals surface area contributed by atoms with Crippen molar-refractivity contribution in [1.82, 2.24) is 20.4 Å². The van der Waals surface area contributed by atoms with Crippen LogP contribution >= 0.6 is 11.8 Å². The summed E-state index contributed by atoms with van der Waals surface area (Å²) in [4.78, 5) is 44.2. The van der Waals surface area contributed by atoms with Crippen LogP contribution in [0.4, 0.5) is 0 Å². The highest BCUT2D eigenvalue weighted by Crippen LogP contribution is 2.64. The normalized spacial score (nSPS) is 30.7. The van der Waals surface area contributed by atoms with Crippen LogP contribution in [0, 0.1) is 25.2 Å². The van der Waals surface area contributed by atoms with E-state index in [2.05, 4.69) is 26.5 Å². The number of aromatic hydroxyl groups is 1. The number of aryl methyl sites for hydroxylation is 1. The van der Waals surface area contributed by atoms with Crippen LogP contribution in [0.15, 0.2) is 6.07 Å². The van der Waals surface area contributed by atoms with Crippen LogP contribution in [0.5, 0.6) is 28.7 Å². The van der Waals surface area contributed by atoms with Crippen LogP contribution in [-0.2, 0) is 25.5 Å². The quantitative estimate of drug-likeness (QED) is 0.311. The Kier molecular flexibility index (Phi) is 8.48. The first-order valence-electron chi connectivity index (χ1n) is 17.3. The molecule has 0 aromatic heterocycles. The Balaban J connectivity index is 1.36. The fourth-order valence-electron chi connectivity index (χ4n) is 9.25. The van der Waals surface area contributed by atoms with Crippen LogP contribution in [-0.4, -0.2) is 103 Å². The number of thioether (sulfide) groups is 1. The van der Waals surface area contributed by atoms with Crippen LogP contribution in [0.3, 0.4) is 0 Å². The van der Waals surface area contributed by atoms with Gasteiger partial charge in [-0.05, 0) is 57.8 Å². The molecule has 0 aliphatic carbocycles. The molecule has 270 valence electrons. The highest BCUT2D eigenvalue weighted by Gasteiger charge is 2.60. The monoisotopic (exact) mass is 719 g/mol. The van der Waals surface area contributed by atoms with Crippen LogP contribution in [0.25, 0.3) is 0 Å². The number of carbonyl (C=O) groups is 3. The first kappa shape index (κ1) is 33.9. The van der Waals surface area contributed by atoms with E-state index >= 15 is 0 Å². The minimum absolute atomic E-state index is 0.0408. The minimum Gasteiger partial charge on any atom is -0.504 e. The van der Waals surface area contributed by atoms with E-state index in [1.165, 1.54) is 25.8 Å². The summed E-state index contributed by atoms with van der Waals surface area (Å²) in [7, 11) is 3.50. The molecule has 8 atom stereocenters. The number of hydrogen-bond donors (Lipinski definition) is 3. The number of likely N-dealkylation sites (N-methyl/N-ethyl adjacent to an activating group) is 1. The van der Waals surface area contributed by atoms with Crippen molar-refractivity contribution in [2.45, 2.75) is 87.6 Å². The van der Waals surface area contributed by atoms with Gasteiger partial charge in [-0.2, -0.15) is 5.26 Å². The van der Waals surface area contributed by atoms with Gasteiger partial charge >= 0.3 is 11.9 Å². The number of hydrogen-bond acceptors (Lipinski definition) is 14. The summed E-state index contributed by atoms with van der Waals surface area (Å²) in [5.41, 5.74) is 4.32. The molecule has 0 saturated carbocycles. The Bertz CT molecular complexity index is 1880. The van der Waals surface area contributed by atoms with Gasteiger partial charge in [-0.1, -0.05) is 6.07 Å².